The average molecular weight is 396 g/mol. The van der Waals surface area contributed by atoms with Crippen LogP contribution < -0.4 is 0 Å². The quantitative estimate of drug-likeness (QED) is 0.765. The molecule has 1 saturated carbocycles. The monoisotopic (exact) mass is 396 g/mol. The van der Waals surface area contributed by atoms with Gasteiger partial charge in [0.25, 0.3) is 0 Å². The Kier molecular flexibility index (Phi) is 4.89. The molecule has 1 fully saturated rings. The fourth-order valence-electron chi connectivity index (χ4n) is 3.37. The summed E-state index contributed by atoms with van der Waals surface area (Å²) in [6.07, 6.45) is 9.47. The first-order valence-corrected chi connectivity index (χ1v) is 9.98. The fraction of sp³-hybridized carbons (Fsp3) is 0.350. The van der Waals surface area contributed by atoms with Crippen LogP contribution in [0.15, 0.2) is 53.2 Å². The average Bonchev–Trinajstić information content (AvgIpc) is 3.31. The van der Waals surface area contributed by atoms with E-state index in [0.717, 1.165) is 19.3 Å². The van der Waals surface area contributed by atoms with Crippen LogP contribution in [-0.4, -0.2) is 41.8 Å². The third-order valence-electron chi connectivity index (χ3n) is 5.06. The first-order chi connectivity index (χ1) is 13.5. The van der Waals surface area contributed by atoms with Crippen molar-refractivity contribution in [2.75, 3.05) is 0 Å². The number of carboxylic acid groups (broad SMARTS) is 1. The van der Waals surface area contributed by atoms with Crippen LogP contribution in [0.1, 0.15) is 43.0 Å². The Balaban J connectivity index is 1.49. The summed E-state index contributed by atoms with van der Waals surface area (Å²) in [6.45, 7) is 2.05. The van der Waals surface area contributed by atoms with Crippen molar-refractivity contribution in [3.63, 3.8) is 0 Å². The number of hydrogen-bond acceptors (Lipinski definition) is 6. The zero-order valence-corrected chi connectivity index (χ0v) is 16.2. The number of aromatic carboxylic acids is 1. The molecule has 28 heavy (non-hydrogen) atoms. The molecule has 1 aromatic carbocycles. The van der Waals surface area contributed by atoms with Gasteiger partial charge in [0.05, 0.1) is 16.0 Å². The molecule has 1 aromatic heterocycles. The molecule has 0 radical (unpaired) electrons. The number of nitrogens with zero attached hydrogens (tertiary/aromatic N) is 4. The zero-order chi connectivity index (χ0) is 19.7. The second kappa shape index (κ2) is 7.35. The van der Waals surface area contributed by atoms with Crippen LogP contribution >= 0.6 is 11.8 Å². The van der Waals surface area contributed by atoms with Gasteiger partial charge in [-0.2, -0.15) is 4.68 Å². The Morgan fingerprint density at radius 2 is 2.04 bits per heavy atom. The molecule has 1 N–H and O–H groups in total. The largest absolute Gasteiger partial charge is 0.478 e. The number of allylic oxidation sites excluding steroid dienone is 4. The van der Waals surface area contributed by atoms with Crippen LogP contribution in [0.5, 0.6) is 0 Å². The number of rotatable bonds is 7. The summed E-state index contributed by atoms with van der Waals surface area (Å²) < 4.78 is 1.10. The normalized spacial score (nSPS) is 19.9. The molecule has 0 spiro atoms. The molecule has 0 amide bonds. The molecule has 4 rings (SSSR count). The predicted molar refractivity (Wildman–Crippen MR) is 105 cm³/mol. The van der Waals surface area contributed by atoms with Gasteiger partial charge in [-0.15, -0.1) is 5.10 Å². The number of ketones is 1. The fourth-order valence-corrected chi connectivity index (χ4v) is 4.52. The topological polar surface area (TPSA) is 98.0 Å². The minimum Gasteiger partial charge on any atom is -0.478 e. The Morgan fingerprint density at radius 3 is 2.68 bits per heavy atom. The van der Waals surface area contributed by atoms with Crippen molar-refractivity contribution in [3.8, 4) is 5.69 Å². The van der Waals surface area contributed by atoms with Crippen molar-refractivity contribution >= 4 is 23.5 Å². The first-order valence-electron chi connectivity index (χ1n) is 9.16. The number of carbonyl (C=O) groups excluding carboxylic acids is 1. The molecule has 2 aliphatic carbocycles. The SMILES string of the molecule is CC1=CC(CC(=O)C2(Sc3nnnn3-c3ccc(C(=O)O)cc3)CC2)CC=C1. The lowest BCUT2D eigenvalue weighted by atomic mass is 9.91. The number of Topliss-reactive ketones (excluding diaryl/α,β-unsaturated/α-hetero) is 1. The smallest absolute Gasteiger partial charge is 0.335 e. The maximum Gasteiger partial charge on any atom is 0.335 e. The van der Waals surface area contributed by atoms with Crippen LogP contribution in [0.4, 0.5) is 0 Å². The van der Waals surface area contributed by atoms with Crippen LogP contribution in [0, 0.1) is 5.92 Å². The highest BCUT2D eigenvalue weighted by molar-refractivity contribution is 8.01. The third kappa shape index (κ3) is 3.77. The molecule has 2 aromatic rings. The molecule has 0 saturated heterocycles. The number of aromatic nitrogens is 4. The second-order valence-electron chi connectivity index (χ2n) is 7.26. The maximum atomic E-state index is 13.0. The summed E-state index contributed by atoms with van der Waals surface area (Å²) in [5.74, 6) is -0.477. The molecule has 1 heterocycles. The number of hydrogen-bond donors (Lipinski definition) is 1. The van der Waals surface area contributed by atoms with E-state index in [1.165, 1.54) is 29.5 Å². The van der Waals surface area contributed by atoms with Crippen LogP contribution in [-0.2, 0) is 4.79 Å². The zero-order valence-electron chi connectivity index (χ0n) is 15.4. The molecule has 8 heteroatoms. The van der Waals surface area contributed by atoms with Crippen LogP contribution in [0.2, 0.25) is 0 Å². The van der Waals surface area contributed by atoms with Crippen LogP contribution in [0.3, 0.4) is 0 Å². The van der Waals surface area contributed by atoms with Gasteiger partial charge in [-0.1, -0.05) is 35.6 Å². The van der Waals surface area contributed by atoms with Gasteiger partial charge in [-0.25, -0.2) is 4.79 Å². The Morgan fingerprint density at radius 1 is 1.29 bits per heavy atom. The summed E-state index contributed by atoms with van der Waals surface area (Å²) in [4.78, 5) is 24.0. The summed E-state index contributed by atoms with van der Waals surface area (Å²) in [6, 6.07) is 6.34. The van der Waals surface area contributed by atoms with E-state index in [9.17, 15) is 9.59 Å². The second-order valence-corrected chi connectivity index (χ2v) is 8.61. The Labute approximate surface area is 166 Å². The number of thioether (sulfide) groups is 1. The van der Waals surface area contributed by atoms with Crippen molar-refractivity contribution in [2.24, 2.45) is 5.92 Å². The molecule has 0 bridgehead atoms. The Bertz CT molecular complexity index is 974. The van der Waals surface area contributed by atoms with Gasteiger partial charge < -0.3 is 5.11 Å². The molecule has 1 unspecified atom stereocenters. The lowest BCUT2D eigenvalue weighted by Crippen LogP contribution is -2.22. The first kappa shape index (κ1) is 18.6. The van der Waals surface area contributed by atoms with E-state index >= 15 is 0 Å². The molecule has 144 valence electrons. The van der Waals surface area contributed by atoms with Crippen molar-refractivity contribution in [3.05, 3.63) is 53.6 Å². The van der Waals surface area contributed by atoms with Gasteiger partial charge >= 0.3 is 5.97 Å². The third-order valence-corrected chi connectivity index (χ3v) is 6.53. The number of benzene rings is 1. The lowest BCUT2D eigenvalue weighted by Gasteiger charge is -2.18. The van der Waals surface area contributed by atoms with E-state index in [-0.39, 0.29) is 17.3 Å². The summed E-state index contributed by atoms with van der Waals surface area (Å²) in [5.41, 5.74) is 2.07. The number of tetrazole rings is 1. The highest BCUT2D eigenvalue weighted by Gasteiger charge is 2.51. The van der Waals surface area contributed by atoms with Gasteiger partial charge in [-0.05, 0) is 66.8 Å². The Hall–Kier alpha value is -2.74. The van der Waals surface area contributed by atoms with E-state index in [0.29, 0.717) is 17.3 Å². The van der Waals surface area contributed by atoms with Crippen molar-refractivity contribution in [1.29, 1.82) is 0 Å². The van der Waals surface area contributed by atoms with E-state index in [4.69, 9.17) is 5.11 Å². The summed E-state index contributed by atoms with van der Waals surface area (Å²) in [7, 11) is 0. The minimum absolute atomic E-state index is 0.199. The van der Waals surface area contributed by atoms with Gasteiger partial charge in [0.1, 0.15) is 5.78 Å². The standard InChI is InChI=1S/C20H20N4O3S/c1-13-3-2-4-14(11-13)12-17(25)20(9-10-20)28-19-21-22-23-24(19)16-7-5-15(6-8-16)18(26)27/h2-3,5-8,11,14H,4,9-10,12H2,1H3,(H,26,27). The molecular weight excluding hydrogens is 376 g/mol. The van der Waals surface area contributed by atoms with E-state index in [1.54, 1.807) is 16.8 Å². The van der Waals surface area contributed by atoms with Crippen molar-refractivity contribution in [2.45, 2.75) is 42.5 Å². The van der Waals surface area contributed by atoms with E-state index in [2.05, 4.69) is 40.7 Å². The van der Waals surface area contributed by atoms with Gasteiger partial charge in [0, 0.05) is 6.42 Å². The van der Waals surface area contributed by atoms with Crippen LogP contribution in [0.25, 0.3) is 5.69 Å². The molecule has 0 aliphatic heterocycles. The minimum atomic E-state index is -0.984. The van der Waals surface area contributed by atoms with Gasteiger partial charge in [-0.3, -0.25) is 4.79 Å². The van der Waals surface area contributed by atoms with Crippen molar-refractivity contribution in [1.82, 2.24) is 20.2 Å². The molecule has 1 atom stereocenters. The highest BCUT2D eigenvalue weighted by Crippen LogP contribution is 2.53. The van der Waals surface area contributed by atoms with Crippen molar-refractivity contribution < 1.29 is 14.7 Å². The molecular formula is C20H20N4O3S. The number of carboxylic acids is 1. The van der Waals surface area contributed by atoms with Gasteiger partial charge in [0.2, 0.25) is 5.16 Å². The predicted octanol–water partition coefficient (Wildman–Crippen LogP) is 3.47. The lowest BCUT2D eigenvalue weighted by molar-refractivity contribution is -0.119. The maximum absolute atomic E-state index is 13.0. The molecule has 7 nitrogen and oxygen atoms in total. The summed E-state index contributed by atoms with van der Waals surface area (Å²) >= 11 is 1.42. The summed E-state index contributed by atoms with van der Waals surface area (Å²) in [5, 5.41) is 21.4. The van der Waals surface area contributed by atoms with Gasteiger partial charge in [0.15, 0.2) is 0 Å². The number of carbonyl (C=O) groups is 2. The highest BCUT2D eigenvalue weighted by atomic mass is 32.2. The van der Waals surface area contributed by atoms with E-state index < -0.39 is 10.7 Å². The molecule has 2 aliphatic rings. The van der Waals surface area contributed by atoms with E-state index in [1.807, 2.05) is 0 Å².